The van der Waals surface area contributed by atoms with Crippen LogP contribution in [0.25, 0.3) is 6.08 Å². The second kappa shape index (κ2) is 2.76. The van der Waals surface area contributed by atoms with Gasteiger partial charge in [-0.3, -0.25) is 0 Å². The number of aliphatic hydroxyl groups is 1. The Morgan fingerprint density at radius 3 is 2.83 bits per heavy atom. The average Bonchev–Trinajstić information content (AvgIpc) is 2.47. The molecule has 1 nitrogen and oxygen atoms in total. The first-order chi connectivity index (χ1) is 5.79. The first-order valence-electron chi connectivity index (χ1n) is 4.24. The molecule has 1 aromatic carbocycles. The zero-order valence-electron chi connectivity index (χ0n) is 7.07. The van der Waals surface area contributed by atoms with Crippen molar-refractivity contribution in [2.24, 2.45) is 0 Å². The van der Waals surface area contributed by atoms with E-state index in [2.05, 4.69) is 24.3 Å². The normalized spacial score (nSPS) is 22.3. The van der Waals surface area contributed by atoms with E-state index in [4.69, 9.17) is 0 Å². The first-order valence-corrected chi connectivity index (χ1v) is 4.24. The number of hydrogen-bond acceptors (Lipinski definition) is 1. The van der Waals surface area contributed by atoms with Gasteiger partial charge in [0.2, 0.25) is 0 Å². The molecule has 0 amide bonds. The Morgan fingerprint density at radius 1 is 1.33 bits per heavy atom. The molecule has 0 bridgehead atoms. The van der Waals surface area contributed by atoms with Crippen LogP contribution in [0.2, 0.25) is 0 Å². The molecule has 1 N–H and O–H groups in total. The van der Waals surface area contributed by atoms with Gasteiger partial charge in [0.1, 0.15) is 0 Å². The van der Waals surface area contributed by atoms with E-state index in [1.807, 2.05) is 19.1 Å². The van der Waals surface area contributed by atoms with Crippen molar-refractivity contribution in [2.75, 3.05) is 0 Å². The lowest BCUT2D eigenvalue weighted by atomic mass is 9.96. The van der Waals surface area contributed by atoms with Crippen molar-refractivity contribution in [3.63, 3.8) is 0 Å². The van der Waals surface area contributed by atoms with Crippen LogP contribution in [0.3, 0.4) is 0 Å². The molecule has 12 heavy (non-hydrogen) atoms. The summed E-state index contributed by atoms with van der Waals surface area (Å²) in [6, 6.07) is 8.19. The van der Waals surface area contributed by atoms with Crippen LogP contribution >= 0.6 is 0 Å². The van der Waals surface area contributed by atoms with Crippen molar-refractivity contribution in [3.8, 4) is 0 Å². The van der Waals surface area contributed by atoms with E-state index in [0.717, 1.165) is 0 Å². The molecule has 2 rings (SSSR count). The third-order valence-corrected chi connectivity index (χ3v) is 2.36. The SMILES string of the molecule is C[C@H](O)[C@@H]1C=Cc2ccccc21. The van der Waals surface area contributed by atoms with Crippen molar-refractivity contribution in [2.45, 2.75) is 18.9 Å². The quantitative estimate of drug-likeness (QED) is 0.667. The molecule has 0 heterocycles. The van der Waals surface area contributed by atoms with Gasteiger partial charge in [-0.2, -0.15) is 0 Å². The number of hydrogen-bond donors (Lipinski definition) is 1. The Bertz CT molecular complexity index is 313. The van der Waals surface area contributed by atoms with Crippen LogP contribution < -0.4 is 0 Å². The smallest absolute Gasteiger partial charge is 0.0615 e. The van der Waals surface area contributed by atoms with E-state index in [1.165, 1.54) is 11.1 Å². The van der Waals surface area contributed by atoms with Crippen molar-refractivity contribution >= 4 is 6.08 Å². The maximum atomic E-state index is 9.45. The summed E-state index contributed by atoms with van der Waals surface area (Å²) in [7, 11) is 0. The molecule has 2 atom stereocenters. The van der Waals surface area contributed by atoms with Crippen molar-refractivity contribution < 1.29 is 5.11 Å². The molecule has 1 aliphatic carbocycles. The number of aliphatic hydroxyl groups excluding tert-OH is 1. The van der Waals surface area contributed by atoms with Gasteiger partial charge in [-0.15, -0.1) is 0 Å². The predicted molar refractivity (Wildman–Crippen MR) is 49.9 cm³/mol. The topological polar surface area (TPSA) is 20.2 Å². The van der Waals surface area contributed by atoms with Gasteiger partial charge >= 0.3 is 0 Å². The molecule has 0 radical (unpaired) electrons. The molecule has 0 spiro atoms. The van der Waals surface area contributed by atoms with E-state index in [1.54, 1.807) is 0 Å². The minimum Gasteiger partial charge on any atom is -0.392 e. The summed E-state index contributed by atoms with van der Waals surface area (Å²) in [5, 5.41) is 9.45. The Morgan fingerprint density at radius 2 is 2.08 bits per heavy atom. The second-order valence-corrected chi connectivity index (χ2v) is 3.25. The fourth-order valence-corrected chi connectivity index (χ4v) is 1.70. The van der Waals surface area contributed by atoms with E-state index in [9.17, 15) is 5.11 Å². The zero-order valence-corrected chi connectivity index (χ0v) is 7.07. The highest BCUT2D eigenvalue weighted by atomic mass is 16.3. The van der Waals surface area contributed by atoms with E-state index in [0.29, 0.717) is 0 Å². The summed E-state index contributed by atoms with van der Waals surface area (Å²) in [6.45, 7) is 1.83. The summed E-state index contributed by atoms with van der Waals surface area (Å²) < 4.78 is 0. The van der Waals surface area contributed by atoms with Gasteiger partial charge in [0.05, 0.1) is 6.10 Å². The van der Waals surface area contributed by atoms with Crippen LogP contribution in [0, 0.1) is 0 Å². The fourth-order valence-electron chi connectivity index (χ4n) is 1.70. The molecular weight excluding hydrogens is 148 g/mol. The highest BCUT2D eigenvalue weighted by Gasteiger charge is 2.20. The maximum Gasteiger partial charge on any atom is 0.0615 e. The lowest BCUT2D eigenvalue weighted by Gasteiger charge is -2.13. The van der Waals surface area contributed by atoms with Crippen molar-refractivity contribution in [3.05, 3.63) is 41.5 Å². The van der Waals surface area contributed by atoms with Crippen LogP contribution in [0.1, 0.15) is 24.0 Å². The fraction of sp³-hybridized carbons (Fsp3) is 0.273. The summed E-state index contributed by atoms with van der Waals surface area (Å²) in [5.41, 5.74) is 2.48. The Balaban J connectivity index is 2.42. The zero-order chi connectivity index (χ0) is 8.55. The molecule has 1 heteroatoms. The van der Waals surface area contributed by atoms with Crippen LogP contribution in [0.15, 0.2) is 30.3 Å². The first kappa shape index (κ1) is 7.56. The third-order valence-electron chi connectivity index (χ3n) is 2.36. The summed E-state index contributed by atoms with van der Waals surface area (Å²) in [4.78, 5) is 0. The highest BCUT2D eigenvalue weighted by Crippen LogP contribution is 2.31. The lowest BCUT2D eigenvalue weighted by Crippen LogP contribution is -2.10. The summed E-state index contributed by atoms with van der Waals surface area (Å²) >= 11 is 0. The van der Waals surface area contributed by atoms with Gasteiger partial charge in [-0.1, -0.05) is 36.4 Å². The van der Waals surface area contributed by atoms with Gasteiger partial charge in [0.25, 0.3) is 0 Å². The summed E-state index contributed by atoms with van der Waals surface area (Å²) in [6.07, 6.45) is 3.85. The van der Waals surface area contributed by atoms with Gasteiger partial charge in [0.15, 0.2) is 0 Å². The van der Waals surface area contributed by atoms with Crippen LogP contribution in [-0.2, 0) is 0 Å². The minimum absolute atomic E-state index is 0.196. The van der Waals surface area contributed by atoms with E-state index >= 15 is 0 Å². The van der Waals surface area contributed by atoms with Crippen LogP contribution in [-0.4, -0.2) is 11.2 Å². The van der Waals surface area contributed by atoms with Crippen molar-refractivity contribution in [1.29, 1.82) is 0 Å². The average molecular weight is 160 g/mol. The van der Waals surface area contributed by atoms with Gasteiger partial charge in [-0.05, 0) is 18.1 Å². The Hall–Kier alpha value is -1.08. The number of benzene rings is 1. The second-order valence-electron chi connectivity index (χ2n) is 3.25. The maximum absolute atomic E-state index is 9.45. The minimum atomic E-state index is -0.287. The number of rotatable bonds is 1. The molecule has 0 unspecified atom stereocenters. The van der Waals surface area contributed by atoms with Crippen LogP contribution in [0.5, 0.6) is 0 Å². The van der Waals surface area contributed by atoms with Crippen molar-refractivity contribution in [1.82, 2.24) is 0 Å². The Kier molecular flexibility index (Phi) is 1.74. The molecule has 0 fully saturated rings. The third kappa shape index (κ3) is 1.07. The predicted octanol–water partition coefficient (Wildman–Crippen LogP) is 2.18. The Labute approximate surface area is 72.4 Å². The van der Waals surface area contributed by atoms with Crippen LogP contribution in [0.4, 0.5) is 0 Å². The van der Waals surface area contributed by atoms with Gasteiger partial charge < -0.3 is 5.11 Å². The molecule has 0 aromatic heterocycles. The van der Waals surface area contributed by atoms with E-state index < -0.39 is 0 Å². The highest BCUT2D eigenvalue weighted by molar-refractivity contribution is 5.62. The summed E-state index contributed by atoms with van der Waals surface area (Å²) in [5.74, 6) is 0.196. The number of fused-ring (bicyclic) bond motifs is 1. The molecule has 1 aromatic rings. The largest absolute Gasteiger partial charge is 0.392 e. The molecule has 62 valence electrons. The monoisotopic (exact) mass is 160 g/mol. The van der Waals surface area contributed by atoms with E-state index in [-0.39, 0.29) is 12.0 Å². The molecule has 0 saturated heterocycles. The van der Waals surface area contributed by atoms with Gasteiger partial charge in [0, 0.05) is 5.92 Å². The van der Waals surface area contributed by atoms with Gasteiger partial charge in [-0.25, -0.2) is 0 Å². The molecule has 1 aliphatic rings. The molecular formula is C11H12O. The standard InChI is InChI=1S/C11H12O/c1-8(12)10-7-6-9-4-2-3-5-11(9)10/h2-8,10,12H,1H3/t8-,10-/m0/s1. The molecule has 0 aliphatic heterocycles. The lowest BCUT2D eigenvalue weighted by molar-refractivity contribution is 0.180. The molecule has 0 saturated carbocycles.